The zero-order valence-electron chi connectivity index (χ0n) is 13.7. The summed E-state index contributed by atoms with van der Waals surface area (Å²) in [5, 5.41) is 6.36. The first-order valence-corrected chi connectivity index (χ1v) is 9.48. The fourth-order valence-corrected chi connectivity index (χ4v) is 4.09. The maximum Gasteiger partial charge on any atom is 0.214 e. The van der Waals surface area contributed by atoms with Gasteiger partial charge >= 0.3 is 0 Å². The standard InChI is InChI=1S/C18H15ClN4O2S/c19-13-5-3-12(4-6-13)14-10-23-17(20-14)26-18(21-23)22-7-9-25-16(11-22)15-2-1-8-24-15/h1-6,8,10,16H,7,9,11H2. The highest BCUT2D eigenvalue weighted by molar-refractivity contribution is 7.20. The predicted octanol–water partition coefficient (Wildman–Crippen LogP) is 4.28. The van der Waals surface area contributed by atoms with E-state index in [1.54, 1.807) is 17.6 Å². The zero-order valence-corrected chi connectivity index (χ0v) is 15.3. The molecule has 1 aromatic carbocycles. The molecule has 5 rings (SSSR count). The lowest BCUT2D eigenvalue weighted by molar-refractivity contribution is 0.0257. The number of benzene rings is 1. The molecule has 0 N–H and O–H groups in total. The van der Waals surface area contributed by atoms with E-state index in [4.69, 9.17) is 30.8 Å². The number of rotatable bonds is 3. The molecule has 4 aromatic rings. The number of hydrogen-bond donors (Lipinski definition) is 0. The largest absolute Gasteiger partial charge is 0.467 e. The molecule has 0 bridgehead atoms. The molecule has 1 saturated heterocycles. The number of nitrogens with zero attached hydrogens (tertiary/aromatic N) is 4. The molecular weight excluding hydrogens is 372 g/mol. The van der Waals surface area contributed by atoms with Crippen LogP contribution in [0.2, 0.25) is 5.02 Å². The van der Waals surface area contributed by atoms with Gasteiger partial charge in [0.2, 0.25) is 10.1 Å². The molecule has 4 heterocycles. The van der Waals surface area contributed by atoms with E-state index in [2.05, 4.69) is 4.90 Å². The topological polar surface area (TPSA) is 55.8 Å². The maximum atomic E-state index is 5.95. The molecule has 0 aliphatic carbocycles. The van der Waals surface area contributed by atoms with Crippen molar-refractivity contribution in [2.45, 2.75) is 6.10 Å². The molecule has 8 heteroatoms. The Kier molecular flexibility index (Phi) is 3.92. The predicted molar refractivity (Wildman–Crippen MR) is 101 cm³/mol. The van der Waals surface area contributed by atoms with E-state index in [0.717, 1.165) is 33.7 Å². The monoisotopic (exact) mass is 386 g/mol. The molecule has 6 nitrogen and oxygen atoms in total. The number of hydrogen-bond acceptors (Lipinski definition) is 6. The second-order valence-electron chi connectivity index (χ2n) is 6.07. The summed E-state index contributed by atoms with van der Waals surface area (Å²) >= 11 is 7.53. The Morgan fingerprint density at radius 2 is 2.08 bits per heavy atom. The molecular formula is C18H15ClN4O2S. The number of anilines is 1. The van der Waals surface area contributed by atoms with Crippen molar-refractivity contribution in [3.8, 4) is 11.3 Å². The highest BCUT2D eigenvalue weighted by atomic mass is 35.5. The van der Waals surface area contributed by atoms with Crippen LogP contribution in [0.4, 0.5) is 5.13 Å². The van der Waals surface area contributed by atoms with Crippen LogP contribution in [0.5, 0.6) is 0 Å². The van der Waals surface area contributed by atoms with Crippen LogP contribution in [0.3, 0.4) is 0 Å². The minimum Gasteiger partial charge on any atom is -0.467 e. The van der Waals surface area contributed by atoms with Gasteiger partial charge in [-0.15, -0.1) is 5.10 Å². The van der Waals surface area contributed by atoms with Gasteiger partial charge in [0.25, 0.3) is 0 Å². The highest BCUT2D eigenvalue weighted by Gasteiger charge is 2.26. The van der Waals surface area contributed by atoms with E-state index >= 15 is 0 Å². The van der Waals surface area contributed by atoms with E-state index in [9.17, 15) is 0 Å². The summed E-state index contributed by atoms with van der Waals surface area (Å²) < 4.78 is 13.1. The fraction of sp³-hybridized carbons (Fsp3) is 0.222. The van der Waals surface area contributed by atoms with Crippen LogP contribution in [0, 0.1) is 0 Å². The number of morpholine rings is 1. The first kappa shape index (κ1) is 15.9. The van der Waals surface area contributed by atoms with E-state index < -0.39 is 0 Å². The van der Waals surface area contributed by atoms with Crippen LogP contribution in [-0.2, 0) is 4.74 Å². The summed E-state index contributed by atoms with van der Waals surface area (Å²) in [6, 6.07) is 11.5. The molecule has 1 unspecified atom stereocenters. The number of furan rings is 1. The molecule has 0 saturated carbocycles. The van der Waals surface area contributed by atoms with Gasteiger partial charge in [-0.25, -0.2) is 9.50 Å². The van der Waals surface area contributed by atoms with Gasteiger partial charge in [0.1, 0.15) is 11.9 Å². The van der Waals surface area contributed by atoms with E-state index in [-0.39, 0.29) is 6.10 Å². The van der Waals surface area contributed by atoms with Crippen LogP contribution >= 0.6 is 22.9 Å². The second kappa shape index (κ2) is 6.42. The number of imidazole rings is 1. The van der Waals surface area contributed by atoms with Crippen LogP contribution in [0.15, 0.2) is 53.3 Å². The normalized spacial score (nSPS) is 17.9. The van der Waals surface area contributed by atoms with Gasteiger partial charge in [0, 0.05) is 17.1 Å². The number of ether oxygens (including phenoxy) is 1. The quantitative estimate of drug-likeness (QED) is 0.526. The fourth-order valence-electron chi connectivity index (χ4n) is 3.05. The Bertz CT molecular complexity index is 994. The van der Waals surface area contributed by atoms with Gasteiger partial charge in [-0.3, -0.25) is 0 Å². The minimum atomic E-state index is -0.0698. The van der Waals surface area contributed by atoms with E-state index in [1.807, 2.05) is 47.1 Å². The van der Waals surface area contributed by atoms with Crippen LogP contribution in [0.25, 0.3) is 16.2 Å². The van der Waals surface area contributed by atoms with Gasteiger partial charge in [-0.1, -0.05) is 35.1 Å². The zero-order chi connectivity index (χ0) is 17.5. The Morgan fingerprint density at radius 1 is 1.19 bits per heavy atom. The summed E-state index contributed by atoms with van der Waals surface area (Å²) in [6.45, 7) is 2.16. The van der Waals surface area contributed by atoms with Crippen LogP contribution in [0.1, 0.15) is 11.9 Å². The summed E-state index contributed by atoms with van der Waals surface area (Å²) in [5.74, 6) is 0.848. The van der Waals surface area contributed by atoms with Crippen molar-refractivity contribution in [1.29, 1.82) is 0 Å². The Balaban J connectivity index is 1.40. The average molecular weight is 387 g/mol. The van der Waals surface area contributed by atoms with Gasteiger partial charge in [0.15, 0.2) is 0 Å². The Hall–Kier alpha value is -2.35. The molecule has 1 aliphatic rings. The SMILES string of the molecule is Clc1ccc(-c2cn3nc(N4CCOC(c5ccco5)C4)sc3n2)cc1. The summed E-state index contributed by atoms with van der Waals surface area (Å²) in [6.07, 6.45) is 3.55. The minimum absolute atomic E-state index is 0.0698. The lowest BCUT2D eigenvalue weighted by Crippen LogP contribution is -2.38. The number of fused-ring (bicyclic) bond motifs is 1. The first-order valence-electron chi connectivity index (χ1n) is 8.28. The summed E-state index contributed by atoms with van der Waals surface area (Å²) in [5.41, 5.74) is 1.92. The molecule has 1 aliphatic heterocycles. The van der Waals surface area contributed by atoms with Crippen molar-refractivity contribution in [3.05, 3.63) is 59.6 Å². The summed E-state index contributed by atoms with van der Waals surface area (Å²) in [7, 11) is 0. The van der Waals surface area contributed by atoms with Crippen molar-refractivity contribution in [2.24, 2.45) is 0 Å². The van der Waals surface area contributed by atoms with Crippen LogP contribution in [-0.4, -0.2) is 34.3 Å². The second-order valence-corrected chi connectivity index (χ2v) is 7.44. The maximum absolute atomic E-state index is 5.95. The molecule has 0 radical (unpaired) electrons. The molecule has 1 fully saturated rings. The summed E-state index contributed by atoms with van der Waals surface area (Å²) in [4.78, 5) is 7.78. The molecule has 0 amide bonds. The molecule has 132 valence electrons. The third-order valence-electron chi connectivity index (χ3n) is 4.37. The Labute approximate surface area is 158 Å². The smallest absolute Gasteiger partial charge is 0.214 e. The lowest BCUT2D eigenvalue weighted by atomic mass is 10.2. The molecule has 26 heavy (non-hydrogen) atoms. The van der Waals surface area contributed by atoms with E-state index in [0.29, 0.717) is 18.2 Å². The lowest BCUT2D eigenvalue weighted by Gasteiger charge is -2.31. The first-order chi connectivity index (χ1) is 12.8. The van der Waals surface area contributed by atoms with Gasteiger partial charge < -0.3 is 14.1 Å². The highest BCUT2D eigenvalue weighted by Crippen LogP contribution is 2.31. The van der Waals surface area contributed by atoms with Crippen molar-refractivity contribution < 1.29 is 9.15 Å². The average Bonchev–Trinajstić information content (AvgIpc) is 3.39. The van der Waals surface area contributed by atoms with Gasteiger partial charge in [0.05, 0.1) is 31.3 Å². The van der Waals surface area contributed by atoms with E-state index in [1.165, 1.54) is 0 Å². The molecule has 1 atom stereocenters. The number of halogens is 1. The van der Waals surface area contributed by atoms with Gasteiger partial charge in [-0.2, -0.15) is 0 Å². The number of aromatic nitrogens is 3. The third-order valence-corrected chi connectivity index (χ3v) is 5.61. The third kappa shape index (κ3) is 2.88. The Morgan fingerprint density at radius 3 is 2.85 bits per heavy atom. The molecule has 0 spiro atoms. The molecule has 3 aromatic heterocycles. The van der Waals surface area contributed by atoms with Crippen LogP contribution < -0.4 is 4.90 Å². The van der Waals surface area contributed by atoms with Crippen molar-refractivity contribution in [3.63, 3.8) is 0 Å². The van der Waals surface area contributed by atoms with Gasteiger partial charge in [-0.05, 0) is 24.3 Å². The van der Waals surface area contributed by atoms with Crippen molar-refractivity contribution in [1.82, 2.24) is 14.6 Å². The van der Waals surface area contributed by atoms with Crippen molar-refractivity contribution in [2.75, 3.05) is 24.6 Å². The van der Waals surface area contributed by atoms with Crippen molar-refractivity contribution >= 4 is 33.0 Å².